The van der Waals surface area contributed by atoms with Crippen LogP contribution < -0.4 is 9.80 Å². The Labute approximate surface area is 136 Å². The quantitative estimate of drug-likeness (QED) is 0.847. The molecule has 0 unspecified atom stereocenters. The van der Waals surface area contributed by atoms with Crippen molar-refractivity contribution in [2.24, 2.45) is 0 Å². The lowest BCUT2D eigenvalue weighted by atomic mass is 9.97. The van der Waals surface area contributed by atoms with Gasteiger partial charge in [0.05, 0.1) is 26.2 Å². The van der Waals surface area contributed by atoms with E-state index in [1.165, 1.54) is 76.8 Å². The van der Waals surface area contributed by atoms with Gasteiger partial charge in [-0.3, -0.25) is 0 Å². The second-order valence-corrected chi connectivity index (χ2v) is 7.21. The van der Waals surface area contributed by atoms with E-state index in [9.17, 15) is 0 Å². The number of anilines is 1. The molecule has 1 aromatic carbocycles. The lowest BCUT2D eigenvalue weighted by Crippen LogP contribution is -3.13. The summed E-state index contributed by atoms with van der Waals surface area (Å²) in [6.45, 7) is 8.69. The molecule has 1 saturated heterocycles. The topological polar surface area (TPSA) is 7.68 Å². The predicted octanol–water partition coefficient (Wildman–Crippen LogP) is 3.24. The summed E-state index contributed by atoms with van der Waals surface area (Å²) in [5, 5.41) is 0. The minimum absolute atomic E-state index is 0.835. The fraction of sp³-hybridized carbons (Fsp3) is 0.700. The number of piperidine rings is 1. The summed E-state index contributed by atoms with van der Waals surface area (Å²) in [5.41, 5.74) is 2.99. The third-order valence-corrected chi connectivity index (χ3v) is 5.76. The van der Waals surface area contributed by atoms with Crippen LogP contribution in [0.1, 0.15) is 63.4 Å². The van der Waals surface area contributed by atoms with E-state index >= 15 is 0 Å². The average molecular weight is 301 g/mol. The van der Waals surface area contributed by atoms with Gasteiger partial charge in [0.15, 0.2) is 0 Å². The molecule has 2 heteroatoms. The molecule has 1 N–H and O–H groups in total. The molecule has 0 bridgehead atoms. The van der Waals surface area contributed by atoms with E-state index in [4.69, 9.17) is 0 Å². The van der Waals surface area contributed by atoms with Crippen molar-refractivity contribution in [2.45, 2.75) is 57.8 Å². The van der Waals surface area contributed by atoms with Gasteiger partial charge in [-0.05, 0) is 62.6 Å². The molecule has 122 valence electrons. The van der Waals surface area contributed by atoms with Crippen LogP contribution in [-0.2, 0) is 0 Å². The molecule has 1 aliphatic heterocycles. The molecule has 0 spiro atoms. The van der Waals surface area contributed by atoms with Gasteiger partial charge >= 0.3 is 0 Å². The van der Waals surface area contributed by atoms with Gasteiger partial charge in [-0.25, -0.2) is 0 Å². The van der Waals surface area contributed by atoms with Gasteiger partial charge in [-0.15, -0.1) is 0 Å². The maximum atomic E-state index is 2.56. The zero-order chi connectivity index (χ0) is 15.2. The molecule has 2 nitrogen and oxygen atoms in total. The first-order chi connectivity index (χ1) is 10.9. The van der Waals surface area contributed by atoms with Crippen molar-refractivity contribution in [1.82, 2.24) is 0 Å². The van der Waals surface area contributed by atoms with E-state index in [0.29, 0.717) is 0 Å². The second kappa shape index (κ2) is 8.01. The predicted molar refractivity (Wildman–Crippen MR) is 95.0 cm³/mol. The Balaban J connectivity index is 1.55. The van der Waals surface area contributed by atoms with Crippen molar-refractivity contribution in [1.29, 1.82) is 0 Å². The molecule has 0 radical (unpaired) electrons. The Kier molecular flexibility index (Phi) is 5.77. The molecule has 1 aliphatic carbocycles. The van der Waals surface area contributed by atoms with Gasteiger partial charge in [-0.1, -0.05) is 25.0 Å². The van der Waals surface area contributed by atoms with Crippen molar-refractivity contribution in [3.05, 3.63) is 29.8 Å². The molecule has 0 atom stereocenters. The van der Waals surface area contributed by atoms with Crippen LogP contribution in [0.3, 0.4) is 0 Å². The number of rotatable bonds is 6. The summed E-state index contributed by atoms with van der Waals surface area (Å²) in [5.74, 6) is 0.835. The van der Waals surface area contributed by atoms with Crippen molar-refractivity contribution in [3.8, 4) is 0 Å². The fourth-order valence-corrected chi connectivity index (χ4v) is 4.28. The Hall–Kier alpha value is -1.02. The molecule has 3 rings (SSSR count). The lowest BCUT2D eigenvalue weighted by Gasteiger charge is -2.28. The van der Waals surface area contributed by atoms with E-state index in [1.807, 2.05) is 4.90 Å². The SMILES string of the molecule is CCN(CC[NH+]1CCCCC1)c1ccc(C2CCCC2)cc1. The molecule has 2 aliphatic rings. The van der Waals surface area contributed by atoms with E-state index in [0.717, 1.165) is 12.5 Å². The first kappa shape index (κ1) is 15.9. The number of nitrogens with one attached hydrogen (secondary N) is 1. The first-order valence-corrected chi connectivity index (χ1v) is 9.55. The molecule has 22 heavy (non-hydrogen) atoms. The first-order valence-electron chi connectivity index (χ1n) is 9.55. The monoisotopic (exact) mass is 301 g/mol. The van der Waals surface area contributed by atoms with Crippen molar-refractivity contribution in [2.75, 3.05) is 37.6 Å². The average Bonchev–Trinajstić information content (AvgIpc) is 3.11. The summed E-state index contributed by atoms with van der Waals surface area (Å²) in [7, 11) is 0. The van der Waals surface area contributed by atoms with Gasteiger partial charge in [0.1, 0.15) is 0 Å². The largest absolute Gasteiger partial charge is 0.366 e. The smallest absolute Gasteiger partial charge is 0.0949 e. The third kappa shape index (κ3) is 4.04. The van der Waals surface area contributed by atoms with Crippen LogP contribution in [0.2, 0.25) is 0 Å². The lowest BCUT2D eigenvalue weighted by molar-refractivity contribution is -0.903. The van der Waals surface area contributed by atoms with Crippen LogP contribution in [0.15, 0.2) is 24.3 Å². The summed E-state index contributed by atoms with van der Waals surface area (Å²) >= 11 is 0. The number of likely N-dealkylation sites (N-methyl/N-ethyl adjacent to an activating group) is 1. The maximum Gasteiger partial charge on any atom is 0.0949 e. The fourth-order valence-electron chi connectivity index (χ4n) is 4.28. The standard InChI is InChI=1S/C20H32N2/c1-2-22(17-16-21-14-6-3-7-15-21)20-12-10-19(11-13-20)18-8-4-5-9-18/h10-13,18H,2-9,14-17H2,1H3/p+1. The van der Waals surface area contributed by atoms with Crippen molar-refractivity contribution >= 4 is 5.69 Å². The number of hydrogen-bond acceptors (Lipinski definition) is 1. The molecule has 0 amide bonds. The highest BCUT2D eigenvalue weighted by Crippen LogP contribution is 2.34. The van der Waals surface area contributed by atoms with E-state index in [-0.39, 0.29) is 0 Å². The van der Waals surface area contributed by atoms with Gasteiger partial charge in [0, 0.05) is 12.2 Å². The van der Waals surface area contributed by atoms with Crippen LogP contribution in [0.25, 0.3) is 0 Å². The molecular formula is C20H33N2+. The Morgan fingerprint density at radius 2 is 1.64 bits per heavy atom. The number of likely N-dealkylation sites (tertiary alicyclic amines) is 1. The van der Waals surface area contributed by atoms with Gasteiger partial charge < -0.3 is 9.80 Å². The van der Waals surface area contributed by atoms with Crippen molar-refractivity contribution < 1.29 is 4.90 Å². The maximum absolute atomic E-state index is 2.56. The number of hydrogen-bond donors (Lipinski definition) is 1. The normalized spacial score (nSPS) is 20.4. The van der Waals surface area contributed by atoms with Crippen LogP contribution in [0.5, 0.6) is 0 Å². The third-order valence-electron chi connectivity index (χ3n) is 5.76. The van der Waals surface area contributed by atoms with Crippen LogP contribution in [0.4, 0.5) is 5.69 Å². The van der Waals surface area contributed by atoms with Crippen LogP contribution in [-0.4, -0.2) is 32.7 Å². The highest BCUT2D eigenvalue weighted by atomic mass is 15.2. The molecule has 0 aromatic heterocycles. The van der Waals surface area contributed by atoms with E-state index in [1.54, 1.807) is 5.56 Å². The van der Waals surface area contributed by atoms with Crippen LogP contribution in [0, 0.1) is 0 Å². The molecule has 2 fully saturated rings. The summed E-state index contributed by atoms with van der Waals surface area (Å²) in [6.07, 6.45) is 9.95. The van der Waals surface area contributed by atoms with Gasteiger partial charge in [0.2, 0.25) is 0 Å². The minimum atomic E-state index is 0.835. The number of quaternary nitrogens is 1. The minimum Gasteiger partial charge on any atom is -0.366 e. The Morgan fingerprint density at radius 3 is 2.27 bits per heavy atom. The van der Waals surface area contributed by atoms with E-state index < -0.39 is 0 Å². The van der Waals surface area contributed by atoms with Crippen LogP contribution >= 0.6 is 0 Å². The molecular weight excluding hydrogens is 268 g/mol. The highest BCUT2D eigenvalue weighted by molar-refractivity contribution is 5.48. The zero-order valence-corrected chi connectivity index (χ0v) is 14.3. The van der Waals surface area contributed by atoms with E-state index in [2.05, 4.69) is 36.1 Å². The second-order valence-electron chi connectivity index (χ2n) is 7.21. The summed E-state index contributed by atoms with van der Waals surface area (Å²) in [6, 6.07) is 9.51. The van der Waals surface area contributed by atoms with Gasteiger partial charge in [0.25, 0.3) is 0 Å². The van der Waals surface area contributed by atoms with Crippen molar-refractivity contribution in [3.63, 3.8) is 0 Å². The Morgan fingerprint density at radius 1 is 0.955 bits per heavy atom. The Bertz CT molecular complexity index is 428. The number of nitrogens with zero attached hydrogens (tertiary/aromatic N) is 1. The highest BCUT2D eigenvalue weighted by Gasteiger charge is 2.18. The molecule has 1 saturated carbocycles. The summed E-state index contributed by atoms with van der Waals surface area (Å²) < 4.78 is 0. The number of benzene rings is 1. The molecule has 1 aromatic rings. The summed E-state index contributed by atoms with van der Waals surface area (Å²) in [4.78, 5) is 4.37. The van der Waals surface area contributed by atoms with Gasteiger partial charge in [-0.2, -0.15) is 0 Å². The molecule has 1 heterocycles. The zero-order valence-electron chi connectivity index (χ0n) is 14.3.